The van der Waals surface area contributed by atoms with Crippen LogP contribution in [0, 0.1) is 0 Å². The van der Waals surface area contributed by atoms with Crippen molar-refractivity contribution >= 4 is 10.8 Å². The number of hydrogen-bond acceptors (Lipinski definition) is 8. The van der Waals surface area contributed by atoms with E-state index in [-0.39, 0.29) is 5.25 Å². The van der Waals surface area contributed by atoms with E-state index < -0.39 is 10.8 Å². The second-order valence-electron chi connectivity index (χ2n) is 7.74. The van der Waals surface area contributed by atoms with Gasteiger partial charge in [-0.3, -0.25) is 9.19 Å². The molecule has 33 heavy (non-hydrogen) atoms. The SMILES string of the molecule is CNCc1ccc(-c2nnc(-c3cncc(-c4ccc(S(=O)C5CCOC5)cc4)n3)o2)cc1. The van der Waals surface area contributed by atoms with Crippen molar-refractivity contribution in [3.8, 4) is 34.3 Å². The summed E-state index contributed by atoms with van der Waals surface area (Å²) in [5, 5.41) is 11.5. The van der Waals surface area contributed by atoms with Crippen LogP contribution in [-0.4, -0.2) is 49.9 Å². The van der Waals surface area contributed by atoms with Crippen LogP contribution < -0.4 is 5.32 Å². The van der Waals surface area contributed by atoms with Gasteiger partial charge in [0.05, 0.1) is 40.7 Å². The summed E-state index contributed by atoms with van der Waals surface area (Å²) in [6.45, 7) is 2.02. The average Bonchev–Trinajstić information content (AvgIpc) is 3.58. The van der Waals surface area contributed by atoms with Gasteiger partial charge in [-0.05, 0) is 43.3 Å². The summed E-state index contributed by atoms with van der Waals surface area (Å²) in [4.78, 5) is 9.74. The third-order valence-corrected chi connectivity index (χ3v) is 7.15. The predicted octanol–water partition coefficient (Wildman–Crippen LogP) is 3.48. The van der Waals surface area contributed by atoms with Crippen molar-refractivity contribution in [2.24, 2.45) is 0 Å². The summed E-state index contributed by atoms with van der Waals surface area (Å²) >= 11 is 0. The van der Waals surface area contributed by atoms with Gasteiger partial charge >= 0.3 is 0 Å². The molecule has 1 N–H and O–H groups in total. The zero-order chi connectivity index (χ0) is 22.6. The Bertz CT molecular complexity index is 1250. The van der Waals surface area contributed by atoms with Crippen molar-refractivity contribution in [3.63, 3.8) is 0 Å². The Balaban J connectivity index is 1.35. The van der Waals surface area contributed by atoms with Gasteiger partial charge in [0.2, 0.25) is 5.89 Å². The Kier molecular flexibility index (Phi) is 6.34. The fraction of sp³-hybridized carbons (Fsp3) is 0.250. The maximum Gasteiger partial charge on any atom is 0.268 e. The average molecular weight is 462 g/mol. The van der Waals surface area contributed by atoms with Crippen LogP contribution in [-0.2, 0) is 22.1 Å². The zero-order valence-electron chi connectivity index (χ0n) is 18.1. The van der Waals surface area contributed by atoms with E-state index in [0.29, 0.717) is 36.4 Å². The Morgan fingerprint density at radius 2 is 1.70 bits per heavy atom. The maximum absolute atomic E-state index is 12.7. The predicted molar refractivity (Wildman–Crippen MR) is 125 cm³/mol. The van der Waals surface area contributed by atoms with Crippen LogP contribution in [0.4, 0.5) is 0 Å². The number of benzene rings is 2. The van der Waals surface area contributed by atoms with E-state index in [4.69, 9.17) is 9.15 Å². The first kappa shape index (κ1) is 21.6. The fourth-order valence-corrected chi connectivity index (χ4v) is 4.97. The molecule has 2 unspecified atom stereocenters. The van der Waals surface area contributed by atoms with Gasteiger partial charge in [-0.25, -0.2) is 4.98 Å². The van der Waals surface area contributed by atoms with Crippen LogP contribution in [0.3, 0.4) is 0 Å². The Morgan fingerprint density at radius 1 is 0.970 bits per heavy atom. The molecule has 8 nitrogen and oxygen atoms in total. The Labute approximate surface area is 193 Å². The molecule has 0 amide bonds. The maximum atomic E-state index is 12.7. The normalized spacial score (nSPS) is 16.7. The van der Waals surface area contributed by atoms with Crippen molar-refractivity contribution in [1.29, 1.82) is 0 Å². The summed E-state index contributed by atoms with van der Waals surface area (Å²) in [5.74, 6) is 0.730. The quantitative estimate of drug-likeness (QED) is 0.446. The number of nitrogens with zero attached hydrogens (tertiary/aromatic N) is 4. The molecule has 2 atom stereocenters. The second kappa shape index (κ2) is 9.70. The lowest BCUT2D eigenvalue weighted by molar-refractivity contribution is 0.199. The highest BCUT2D eigenvalue weighted by Crippen LogP contribution is 2.26. The van der Waals surface area contributed by atoms with Gasteiger partial charge in [0.15, 0.2) is 0 Å². The van der Waals surface area contributed by atoms with Gasteiger partial charge in [-0.15, -0.1) is 10.2 Å². The molecule has 0 aliphatic carbocycles. The lowest BCUT2D eigenvalue weighted by Crippen LogP contribution is -2.14. The minimum Gasteiger partial charge on any atom is -0.415 e. The van der Waals surface area contributed by atoms with Gasteiger partial charge in [0.1, 0.15) is 5.69 Å². The van der Waals surface area contributed by atoms with E-state index in [1.165, 1.54) is 5.56 Å². The molecule has 2 aromatic carbocycles. The van der Waals surface area contributed by atoms with Crippen LogP contribution in [0.15, 0.2) is 70.2 Å². The molecule has 3 heterocycles. The summed E-state index contributed by atoms with van der Waals surface area (Å²) in [6, 6.07) is 15.5. The van der Waals surface area contributed by atoms with Crippen molar-refractivity contribution < 1.29 is 13.4 Å². The lowest BCUT2D eigenvalue weighted by Gasteiger charge is -2.08. The van der Waals surface area contributed by atoms with Gasteiger partial charge in [-0.2, -0.15) is 0 Å². The summed E-state index contributed by atoms with van der Waals surface area (Å²) < 4.78 is 23.9. The molecule has 0 bridgehead atoms. The summed E-state index contributed by atoms with van der Waals surface area (Å²) in [5.41, 5.74) is 4.05. The van der Waals surface area contributed by atoms with Crippen LogP contribution >= 0.6 is 0 Å². The van der Waals surface area contributed by atoms with Crippen LogP contribution in [0.1, 0.15) is 12.0 Å². The molecule has 4 aromatic rings. The lowest BCUT2D eigenvalue weighted by atomic mass is 10.1. The minimum atomic E-state index is -1.07. The van der Waals surface area contributed by atoms with Gasteiger partial charge in [0, 0.05) is 29.2 Å². The number of ether oxygens (including phenoxy) is 1. The standard InChI is InChI=1S/C24H23N5O3S/c1-25-12-16-2-4-18(5-3-16)23-28-29-24(32-23)22-14-26-13-21(27-22)17-6-8-19(9-7-17)33(30)20-10-11-31-15-20/h2-9,13-14,20,25H,10-12,15H2,1H3. The van der Waals surface area contributed by atoms with Gasteiger partial charge in [0.25, 0.3) is 5.89 Å². The van der Waals surface area contributed by atoms with Crippen LogP contribution in [0.25, 0.3) is 34.3 Å². The summed E-state index contributed by atoms with van der Waals surface area (Å²) in [6.07, 6.45) is 4.10. The van der Waals surface area contributed by atoms with Crippen molar-refractivity contribution in [2.45, 2.75) is 23.1 Å². The van der Waals surface area contributed by atoms with Gasteiger partial charge < -0.3 is 14.5 Å². The third-order valence-electron chi connectivity index (χ3n) is 5.43. The molecule has 5 rings (SSSR count). The summed E-state index contributed by atoms with van der Waals surface area (Å²) in [7, 11) is 0.837. The zero-order valence-corrected chi connectivity index (χ0v) is 18.9. The highest BCUT2D eigenvalue weighted by atomic mass is 32.2. The van der Waals surface area contributed by atoms with Crippen molar-refractivity contribution in [3.05, 3.63) is 66.5 Å². The van der Waals surface area contributed by atoms with E-state index in [1.807, 2.05) is 55.6 Å². The fourth-order valence-electron chi connectivity index (χ4n) is 3.65. The van der Waals surface area contributed by atoms with Crippen molar-refractivity contribution in [1.82, 2.24) is 25.5 Å². The monoisotopic (exact) mass is 461 g/mol. The van der Waals surface area contributed by atoms with E-state index >= 15 is 0 Å². The molecule has 0 radical (unpaired) electrons. The molecular weight excluding hydrogens is 438 g/mol. The largest absolute Gasteiger partial charge is 0.415 e. The van der Waals surface area contributed by atoms with E-state index in [9.17, 15) is 4.21 Å². The van der Waals surface area contributed by atoms with Crippen LogP contribution in [0.5, 0.6) is 0 Å². The number of nitrogens with one attached hydrogen (secondary N) is 1. The Hall–Kier alpha value is -3.27. The van der Waals surface area contributed by atoms with Gasteiger partial charge in [-0.1, -0.05) is 24.3 Å². The molecular formula is C24H23N5O3S. The molecule has 1 aliphatic heterocycles. The van der Waals surface area contributed by atoms with E-state index in [2.05, 4.69) is 25.5 Å². The molecule has 168 valence electrons. The smallest absolute Gasteiger partial charge is 0.268 e. The highest BCUT2D eigenvalue weighted by molar-refractivity contribution is 7.85. The first-order valence-electron chi connectivity index (χ1n) is 10.7. The highest BCUT2D eigenvalue weighted by Gasteiger charge is 2.23. The number of hydrogen-bond donors (Lipinski definition) is 1. The molecule has 9 heteroatoms. The molecule has 2 aromatic heterocycles. The molecule has 0 spiro atoms. The Morgan fingerprint density at radius 3 is 2.42 bits per heavy atom. The first-order valence-corrected chi connectivity index (χ1v) is 11.9. The topological polar surface area (TPSA) is 103 Å². The molecule has 0 saturated carbocycles. The third kappa shape index (κ3) is 4.75. The molecule has 1 fully saturated rings. The number of rotatable bonds is 7. The van der Waals surface area contributed by atoms with E-state index in [0.717, 1.165) is 29.0 Å². The first-order chi connectivity index (χ1) is 16.2. The minimum absolute atomic E-state index is 0.0604. The molecule has 1 saturated heterocycles. The van der Waals surface area contributed by atoms with Crippen molar-refractivity contribution in [2.75, 3.05) is 20.3 Å². The van der Waals surface area contributed by atoms with E-state index in [1.54, 1.807) is 12.4 Å². The van der Waals surface area contributed by atoms with Crippen LogP contribution in [0.2, 0.25) is 0 Å². The second-order valence-corrected chi connectivity index (χ2v) is 9.47. The number of aromatic nitrogens is 4. The molecule has 1 aliphatic rings.